The molecule has 0 aromatic heterocycles. The molecule has 9 heteroatoms. The third kappa shape index (κ3) is 4.46. The van der Waals surface area contributed by atoms with Crippen LogP contribution in [-0.4, -0.2) is 63.8 Å². The van der Waals surface area contributed by atoms with Gasteiger partial charge in [0.1, 0.15) is 11.9 Å². The average Bonchev–Trinajstić information content (AvgIpc) is 3.10. The van der Waals surface area contributed by atoms with Crippen LogP contribution < -0.4 is 10.6 Å². The van der Waals surface area contributed by atoms with E-state index >= 15 is 0 Å². The molecule has 0 bridgehead atoms. The minimum Gasteiger partial charge on any atom is -0.390 e. The SMILES string of the molecule is CN(C)c1ccc(N=C2S[C@H]3[C@@H]([C@@H](O)[C@H](O)C[C@@H]3C(N)=O)N2Cc2ccc(F)cc2)cc1. The Hall–Kier alpha value is -2.62. The summed E-state index contributed by atoms with van der Waals surface area (Å²) >= 11 is 1.39. The lowest BCUT2D eigenvalue weighted by molar-refractivity contribution is -0.128. The monoisotopic (exact) mass is 458 g/mol. The van der Waals surface area contributed by atoms with Gasteiger partial charge in [-0.1, -0.05) is 23.9 Å². The van der Waals surface area contributed by atoms with E-state index in [1.54, 1.807) is 12.1 Å². The second kappa shape index (κ2) is 9.09. The van der Waals surface area contributed by atoms with Crippen LogP contribution in [0.4, 0.5) is 15.8 Å². The molecule has 4 rings (SSSR count). The number of halogens is 1. The summed E-state index contributed by atoms with van der Waals surface area (Å²) in [6.07, 6.45) is -2.02. The van der Waals surface area contributed by atoms with E-state index in [1.807, 2.05) is 48.2 Å². The normalized spacial score (nSPS) is 28.6. The van der Waals surface area contributed by atoms with Crippen molar-refractivity contribution in [1.29, 1.82) is 0 Å². The minimum absolute atomic E-state index is 0.111. The lowest BCUT2D eigenvalue weighted by Gasteiger charge is -2.41. The molecule has 4 N–H and O–H groups in total. The summed E-state index contributed by atoms with van der Waals surface area (Å²) in [5.41, 5.74) is 8.23. The molecule has 1 amide bonds. The van der Waals surface area contributed by atoms with E-state index in [2.05, 4.69) is 0 Å². The number of primary amides is 1. The summed E-state index contributed by atoms with van der Waals surface area (Å²) < 4.78 is 13.4. The molecule has 32 heavy (non-hydrogen) atoms. The summed E-state index contributed by atoms with van der Waals surface area (Å²) in [4.78, 5) is 20.8. The molecule has 2 fully saturated rings. The number of benzene rings is 2. The van der Waals surface area contributed by atoms with E-state index in [0.29, 0.717) is 11.7 Å². The zero-order chi connectivity index (χ0) is 23.0. The number of amidine groups is 1. The number of carbonyl (C=O) groups is 1. The number of hydrogen-bond acceptors (Lipinski definition) is 6. The molecule has 170 valence electrons. The van der Waals surface area contributed by atoms with Gasteiger partial charge in [0.2, 0.25) is 5.91 Å². The fraction of sp³-hybridized carbons (Fsp3) is 0.391. The summed E-state index contributed by atoms with van der Waals surface area (Å²) in [5, 5.41) is 21.6. The van der Waals surface area contributed by atoms with Crippen molar-refractivity contribution in [3.63, 3.8) is 0 Å². The fourth-order valence-corrected chi connectivity index (χ4v) is 5.87. The lowest BCUT2D eigenvalue weighted by Crippen LogP contribution is -2.58. The van der Waals surface area contributed by atoms with Crippen LogP contribution in [0.15, 0.2) is 53.5 Å². The highest BCUT2D eigenvalue weighted by Gasteiger charge is 2.54. The van der Waals surface area contributed by atoms with Crippen molar-refractivity contribution in [3.8, 4) is 0 Å². The summed E-state index contributed by atoms with van der Waals surface area (Å²) in [6, 6.07) is 13.3. The average molecular weight is 459 g/mol. The summed E-state index contributed by atoms with van der Waals surface area (Å²) in [5.74, 6) is -1.43. The van der Waals surface area contributed by atoms with Gasteiger partial charge in [-0.2, -0.15) is 0 Å². The molecule has 1 aliphatic heterocycles. The number of rotatable bonds is 5. The van der Waals surface area contributed by atoms with Crippen molar-refractivity contribution in [2.24, 2.45) is 16.6 Å². The molecule has 1 saturated heterocycles. The Balaban J connectivity index is 1.72. The molecule has 7 nitrogen and oxygen atoms in total. The number of carbonyl (C=O) groups excluding carboxylic acids is 1. The molecule has 2 aromatic carbocycles. The zero-order valence-electron chi connectivity index (χ0n) is 17.9. The van der Waals surface area contributed by atoms with E-state index in [9.17, 15) is 19.4 Å². The molecule has 1 aliphatic carbocycles. The standard InChI is InChI=1S/C23H27FN4O3S/c1-27(2)16-9-7-15(8-10-16)26-23-28(12-13-3-5-14(24)6-4-13)19-20(30)18(29)11-17(22(25)31)21(19)32-23/h3-10,17-21,29-30H,11-12H2,1-2H3,(H2,25,31)/t17-,18+,19+,20-,21+/m0/s1. The van der Waals surface area contributed by atoms with Crippen LogP contribution in [0.3, 0.4) is 0 Å². The lowest BCUT2D eigenvalue weighted by atomic mass is 9.80. The van der Waals surface area contributed by atoms with Crippen LogP contribution in [0.25, 0.3) is 0 Å². The molecule has 0 spiro atoms. The topological polar surface area (TPSA) is 102 Å². The largest absolute Gasteiger partial charge is 0.390 e. The predicted molar refractivity (Wildman–Crippen MR) is 124 cm³/mol. The van der Waals surface area contributed by atoms with Gasteiger partial charge in [0, 0.05) is 31.6 Å². The molecular weight excluding hydrogens is 431 g/mol. The van der Waals surface area contributed by atoms with Gasteiger partial charge >= 0.3 is 0 Å². The Bertz CT molecular complexity index is 999. The first-order valence-electron chi connectivity index (χ1n) is 10.4. The van der Waals surface area contributed by atoms with Crippen molar-refractivity contribution in [1.82, 2.24) is 4.90 Å². The first-order chi connectivity index (χ1) is 15.2. The number of aliphatic hydroxyl groups excluding tert-OH is 2. The number of nitrogens with zero attached hydrogens (tertiary/aromatic N) is 3. The highest BCUT2D eigenvalue weighted by molar-refractivity contribution is 8.14. The molecule has 5 atom stereocenters. The zero-order valence-corrected chi connectivity index (χ0v) is 18.7. The number of thioether (sulfide) groups is 1. The molecule has 1 saturated carbocycles. The first-order valence-corrected chi connectivity index (χ1v) is 11.3. The number of hydrogen-bond donors (Lipinski definition) is 3. The van der Waals surface area contributed by atoms with Crippen LogP contribution >= 0.6 is 11.8 Å². The molecule has 0 radical (unpaired) electrons. The maximum absolute atomic E-state index is 13.4. The highest BCUT2D eigenvalue weighted by Crippen LogP contribution is 2.45. The van der Waals surface area contributed by atoms with Gasteiger partial charge in [-0.3, -0.25) is 4.79 Å². The van der Waals surface area contributed by atoms with Crippen molar-refractivity contribution in [3.05, 3.63) is 59.9 Å². The smallest absolute Gasteiger partial charge is 0.221 e. The van der Waals surface area contributed by atoms with Crippen molar-refractivity contribution in [2.75, 3.05) is 19.0 Å². The van der Waals surface area contributed by atoms with E-state index in [4.69, 9.17) is 10.7 Å². The van der Waals surface area contributed by atoms with Crippen LogP contribution in [-0.2, 0) is 11.3 Å². The fourth-order valence-electron chi connectivity index (χ4n) is 4.29. The number of anilines is 1. The van der Waals surface area contributed by atoms with Crippen molar-refractivity contribution < 1.29 is 19.4 Å². The van der Waals surface area contributed by atoms with Crippen molar-refractivity contribution in [2.45, 2.75) is 36.5 Å². The second-order valence-electron chi connectivity index (χ2n) is 8.44. The van der Waals surface area contributed by atoms with Gasteiger partial charge in [0.25, 0.3) is 0 Å². The third-order valence-corrected chi connectivity index (χ3v) is 7.46. The van der Waals surface area contributed by atoms with Gasteiger partial charge in [-0.05, 0) is 48.4 Å². The molecule has 2 aliphatic rings. The third-order valence-electron chi connectivity index (χ3n) is 6.04. The molecule has 1 heterocycles. The van der Waals surface area contributed by atoms with Gasteiger partial charge in [-0.15, -0.1) is 0 Å². The maximum Gasteiger partial charge on any atom is 0.221 e. The summed E-state index contributed by atoms with van der Waals surface area (Å²) in [7, 11) is 3.92. The quantitative estimate of drug-likeness (QED) is 0.634. The van der Waals surface area contributed by atoms with Crippen LogP contribution in [0.5, 0.6) is 0 Å². The van der Waals surface area contributed by atoms with E-state index in [-0.39, 0.29) is 17.5 Å². The highest BCUT2D eigenvalue weighted by atomic mass is 32.2. The van der Waals surface area contributed by atoms with Gasteiger partial charge < -0.3 is 25.7 Å². The maximum atomic E-state index is 13.4. The first kappa shape index (κ1) is 22.6. The molecule has 0 unspecified atom stereocenters. The number of aliphatic imine (C=N–C) groups is 1. The van der Waals surface area contributed by atoms with Crippen LogP contribution in [0.2, 0.25) is 0 Å². The van der Waals surface area contributed by atoms with Crippen molar-refractivity contribution >= 4 is 34.2 Å². The van der Waals surface area contributed by atoms with E-state index in [0.717, 1.165) is 16.9 Å². The number of amides is 1. The van der Waals surface area contributed by atoms with E-state index in [1.165, 1.54) is 23.9 Å². The Morgan fingerprint density at radius 3 is 2.44 bits per heavy atom. The predicted octanol–water partition coefficient (Wildman–Crippen LogP) is 2.09. The van der Waals surface area contributed by atoms with Gasteiger partial charge in [-0.25, -0.2) is 9.38 Å². The Morgan fingerprint density at radius 2 is 1.84 bits per heavy atom. The number of nitrogens with two attached hydrogens (primary N) is 1. The van der Waals surface area contributed by atoms with E-state index < -0.39 is 30.1 Å². The Morgan fingerprint density at radius 1 is 1.19 bits per heavy atom. The second-order valence-corrected chi connectivity index (χ2v) is 9.58. The number of aliphatic hydroxyl groups is 2. The van der Waals surface area contributed by atoms with Gasteiger partial charge in [0.05, 0.1) is 23.8 Å². The number of fused-ring (bicyclic) bond motifs is 1. The minimum atomic E-state index is -1.07. The van der Waals surface area contributed by atoms with Crippen LogP contribution in [0, 0.1) is 11.7 Å². The molecule has 2 aromatic rings. The molecular formula is C23H27FN4O3S. The Labute approximate surface area is 190 Å². The van der Waals surface area contributed by atoms with Crippen LogP contribution in [0.1, 0.15) is 12.0 Å². The Kier molecular flexibility index (Phi) is 6.41. The summed E-state index contributed by atoms with van der Waals surface area (Å²) in [6.45, 7) is 0.346. The van der Waals surface area contributed by atoms with Gasteiger partial charge in [0.15, 0.2) is 5.17 Å².